The van der Waals surface area contributed by atoms with E-state index in [0.717, 1.165) is 22.3 Å². The molecule has 0 aliphatic heterocycles. The SMILES string of the molecule is N#C/C(=C(\c1ccccc1)c1ccncc1)c1ccccc1. The lowest BCUT2D eigenvalue weighted by molar-refractivity contribution is 1.31. The van der Waals surface area contributed by atoms with Crippen LogP contribution in [0.15, 0.2) is 85.2 Å². The van der Waals surface area contributed by atoms with Gasteiger partial charge in [-0.2, -0.15) is 5.26 Å². The molecule has 1 aromatic heterocycles. The Labute approximate surface area is 130 Å². The largest absolute Gasteiger partial charge is 0.265 e. The molecule has 0 bridgehead atoms. The van der Waals surface area contributed by atoms with Gasteiger partial charge in [0.1, 0.15) is 6.07 Å². The quantitative estimate of drug-likeness (QED) is 0.521. The molecule has 2 aromatic carbocycles. The molecule has 0 amide bonds. The van der Waals surface area contributed by atoms with Crippen LogP contribution in [-0.2, 0) is 0 Å². The summed E-state index contributed by atoms with van der Waals surface area (Å²) in [5, 5.41) is 9.75. The van der Waals surface area contributed by atoms with Gasteiger partial charge in [-0.15, -0.1) is 0 Å². The van der Waals surface area contributed by atoms with Crippen LogP contribution in [-0.4, -0.2) is 4.98 Å². The Morgan fingerprint density at radius 1 is 0.682 bits per heavy atom. The van der Waals surface area contributed by atoms with Gasteiger partial charge in [0.05, 0.1) is 5.57 Å². The second-order valence-corrected chi connectivity index (χ2v) is 4.83. The van der Waals surface area contributed by atoms with E-state index in [4.69, 9.17) is 0 Å². The molecule has 0 saturated heterocycles. The van der Waals surface area contributed by atoms with Crippen molar-refractivity contribution in [2.24, 2.45) is 0 Å². The Bertz CT molecular complexity index is 772. The number of allylic oxidation sites excluding steroid dienone is 1. The zero-order valence-electron chi connectivity index (χ0n) is 12.0. The average molecular weight is 282 g/mol. The molecule has 0 fully saturated rings. The molecule has 0 unspecified atom stereocenters. The van der Waals surface area contributed by atoms with Gasteiger partial charge in [0.25, 0.3) is 0 Å². The lowest BCUT2D eigenvalue weighted by Gasteiger charge is -2.12. The van der Waals surface area contributed by atoms with Gasteiger partial charge in [-0.1, -0.05) is 60.7 Å². The van der Waals surface area contributed by atoms with Gasteiger partial charge in [0, 0.05) is 18.0 Å². The van der Waals surface area contributed by atoms with E-state index < -0.39 is 0 Å². The van der Waals surface area contributed by atoms with E-state index in [-0.39, 0.29) is 0 Å². The van der Waals surface area contributed by atoms with E-state index in [1.165, 1.54) is 0 Å². The molecule has 0 saturated carbocycles. The van der Waals surface area contributed by atoms with Crippen LogP contribution in [0.25, 0.3) is 11.1 Å². The maximum atomic E-state index is 9.75. The number of pyridine rings is 1. The summed E-state index contributed by atoms with van der Waals surface area (Å²) in [5.41, 5.74) is 4.52. The number of rotatable bonds is 3. The van der Waals surface area contributed by atoms with Gasteiger partial charge < -0.3 is 0 Å². The van der Waals surface area contributed by atoms with Crippen molar-refractivity contribution >= 4 is 11.1 Å². The summed E-state index contributed by atoms with van der Waals surface area (Å²) in [6.07, 6.45) is 3.50. The number of nitrogens with zero attached hydrogens (tertiary/aromatic N) is 2. The van der Waals surface area contributed by atoms with Crippen molar-refractivity contribution in [3.8, 4) is 6.07 Å². The Morgan fingerprint density at radius 3 is 1.73 bits per heavy atom. The Kier molecular flexibility index (Phi) is 4.08. The highest BCUT2D eigenvalue weighted by Gasteiger charge is 2.13. The molecule has 3 rings (SSSR count). The minimum Gasteiger partial charge on any atom is -0.265 e. The first-order chi connectivity index (χ1) is 10.9. The molecule has 2 nitrogen and oxygen atoms in total. The van der Waals surface area contributed by atoms with E-state index in [9.17, 15) is 5.26 Å². The fourth-order valence-corrected chi connectivity index (χ4v) is 2.45. The highest BCUT2D eigenvalue weighted by molar-refractivity contribution is 6.03. The summed E-state index contributed by atoms with van der Waals surface area (Å²) in [7, 11) is 0. The number of hydrogen-bond donors (Lipinski definition) is 0. The van der Waals surface area contributed by atoms with Gasteiger partial charge in [-0.25, -0.2) is 0 Å². The third kappa shape index (κ3) is 2.79. The van der Waals surface area contributed by atoms with E-state index in [1.54, 1.807) is 12.4 Å². The summed E-state index contributed by atoms with van der Waals surface area (Å²) in [5.74, 6) is 0. The predicted octanol–water partition coefficient (Wildman–Crippen LogP) is 4.56. The zero-order chi connectivity index (χ0) is 15.2. The van der Waals surface area contributed by atoms with Crippen LogP contribution >= 0.6 is 0 Å². The Hall–Kier alpha value is -3.18. The summed E-state index contributed by atoms with van der Waals surface area (Å²) in [6.45, 7) is 0. The molecule has 1 heterocycles. The van der Waals surface area contributed by atoms with Gasteiger partial charge >= 0.3 is 0 Å². The molecule has 22 heavy (non-hydrogen) atoms. The lowest BCUT2D eigenvalue weighted by Crippen LogP contribution is -1.94. The van der Waals surface area contributed by atoms with Crippen molar-refractivity contribution in [1.29, 1.82) is 5.26 Å². The van der Waals surface area contributed by atoms with Crippen LogP contribution in [0.2, 0.25) is 0 Å². The lowest BCUT2D eigenvalue weighted by atomic mass is 9.91. The molecule has 0 N–H and O–H groups in total. The highest BCUT2D eigenvalue weighted by Crippen LogP contribution is 2.31. The van der Waals surface area contributed by atoms with Crippen molar-refractivity contribution in [1.82, 2.24) is 4.98 Å². The molecule has 0 radical (unpaired) electrons. The van der Waals surface area contributed by atoms with Crippen LogP contribution in [0.3, 0.4) is 0 Å². The average Bonchev–Trinajstić information content (AvgIpc) is 2.62. The van der Waals surface area contributed by atoms with E-state index in [1.807, 2.05) is 72.8 Å². The highest BCUT2D eigenvalue weighted by atomic mass is 14.6. The molecular formula is C20H14N2. The third-order valence-corrected chi connectivity index (χ3v) is 3.46. The molecule has 3 aromatic rings. The van der Waals surface area contributed by atoms with Crippen molar-refractivity contribution in [2.75, 3.05) is 0 Å². The van der Waals surface area contributed by atoms with Crippen LogP contribution in [0.1, 0.15) is 16.7 Å². The molecule has 0 atom stereocenters. The van der Waals surface area contributed by atoms with Gasteiger partial charge in [-0.05, 0) is 28.8 Å². The van der Waals surface area contributed by atoms with Crippen LogP contribution in [0.5, 0.6) is 0 Å². The number of hydrogen-bond acceptors (Lipinski definition) is 2. The Balaban J connectivity index is 2.30. The minimum atomic E-state index is 0.665. The second-order valence-electron chi connectivity index (χ2n) is 4.83. The molecule has 0 spiro atoms. The fraction of sp³-hybridized carbons (Fsp3) is 0. The van der Waals surface area contributed by atoms with Crippen molar-refractivity contribution in [3.63, 3.8) is 0 Å². The van der Waals surface area contributed by atoms with Crippen LogP contribution in [0.4, 0.5) is 0 Å². The molecule has 0 aliphatic rings. The molecule has 0 aliphatic carbocycles. The standard InChI is InChI=1S/C20H14N2/c21-15-19(16-7-3-1-4-8-16)20(17-9-5-2-6-10-17)18-11-13-22-14-12-18/h1-14H/b20-19-. The van der Waals surface area contributed by atoms with E-state index >= 15 is 0 Å². The maximum Gasteiger partial charge on any atom is 0.100 e. The third-order valence-electron chi connectivity index (χ3n) is 3.46. The normalized spacial score (nSPS) is 11.4. The summed E-state index contributed by atoms with van der Waals surface area (Å²) >= 11 is 0. The first-order valence-electron chi connectivity index (χ1n) is 7.06. The van der Waals surface area contributed by atoms with Gasteiger partial charge in [0.15, 0.2) is 0 Å². The fourth-order valence-electron chi connectivity index (χ4n) is 2.45. The molecule has 2 heteroatoms. The van der Waals surface area contributed by atoms with Gasteiger partial charge in [-0.3, -0.25) is 4.98 Å². The summed E-state index contributed by atoms with van der Waals surface area (Å²) in [4.78, 5) is 4.07. The van der Waals surface area contributed by atoms with E-state index in [0.29, 0.717) is 5.57 Å². The topological polar surface area (TPSA) is 36.7 Å². The maximum absolute atomic E-state index is 9.75. The van der Waals surface area contributed by atoms with Crippen molar-refractivity contribution in [3.05, 3.63) is 102 Å². The monoisotopic (exact) mass is 282 g/mol. The van der Waals surface area contributed by atoms with Crippen LogP contribution < -0.4 is 0 Å². The first kappa shape index (κ1) is 13.8. The molecule has 104 valence electrons. The number of aromatic nitrogens is 1. The summed E-state index contributed by atoms with van der Waals surface area (Å²) in [6, 6.07) is 26.0. The first-order valence-corrected chi connectivity index (χ1v) is 7.06. The number of nitriles is 1. The van der Waals surface area contributed by atoms with Crippen molar-refractivity contribution in [2.45, 2.75) is 0 Å². The second kappa shape index (κ2) is 6.51. The van der Waals surface area contributed by atoms with Crippen molar-refractivity contribution < 1.29 is 0 Å². The van der Waals surface area contributed by atoms with E-state index in [2.05, 4.69) is 11.1 Å². The smallest absolute Gasteiger partial charge is 0.100 e. The van der Waals surface area contributed by atoms with Gasteiger partial charge in [0.2, 0.25) is 0 Å². The minimum absolute atomic E-state index is 0.665. The molecular weight excluding hydrogens is 268 g/mol. The van der Waals surface area contributed by atoms with Crippen LogP contribution in [0, 0.1) is 11.3 Å². The zero-order valence-corrected chi connectivity index (χ0v) is 12.0. The Morgan fingerprint density at radius 2 is 1.18 bits per heavy atom. The summed E-state index contributed by atoms with van der Waals surface area (Å²) < 4.78 is 0. The number of benzene rings is 2. The predicted molar refractivity (Wildman–Crippen MR) is 88.7 cm³/mol.